The molecule has 5 aliphatic carbocycles. The lowest BCUT2D eigenvalue weighted by atomic mass is 9.34. The summed E-state index contributed by atoms with van der Waals surface area (Å²) in [5.74, 6) is 0.438. The number of Topliss-reactive ketones (excluding diaryl/α,β-unsaturated/α-hetero) is 1. The molecular weight excluding hydrogens is 556 g/mol. The number of ketones is 2. The van der Waals surface area contributed by atoms with Gasteiger partial charge in [-0.05, 0) is 96.5 Å². The number of carbonyl (C=O) groups excluding carboxylic acids is 3. The molecule has 1 N–H and O–H groups in total. The Morgan fingerprint density at radius 1 is 0.956 bits per heavy atom. The Hall–Kier alpha value is -3.00. The van der Waals surface area contributed by atoms with Gasteiger partial charge >= 0.3 is 0 Å². The van der Waals surface area contributed by atoms with Crippen LogP contribution in [-0.4, -0.2) is 17.5 Å². The second-order valence-electron chi connectivity index (χ2n) is 17.4. The van der Waals surface area contributed by atoms with Crippen molar-refractivity contribution in [2.45, 2.75) is 113 Å². The molecular formula is C40H52N2O3. The minimum absolute atomic E-state index is 0.0185. The van der Waals surface area contributed by atoms with Crippen molar-refractivity contribution in [3.8, 4) is 6.07 Å². The number of nitriles is 1. The lowest BCUT2D eigenvalue weighted by Gasteiger charge is -2.69. The Morgan fingerprint density at radius 2 is 1.64 bits per heavy atom. The van der Waals surface area contributed by atoms with Crippen molar-refractivity contribution >= 4 is 17.5 Å². The number of amides is 1. The molecule has 0 heterocycles. The molecule has 5 aliphatic rings. The lowest BCUT2D eigenvalue weighted by molar-refractivity contribution is -0.173. The van der Waals surface area contributed by atoms with Crippen LogP contribution in [-0.2, 0) is 20.9 Å². The highest BCUT2D eigenvalue weighted by molar-refractivity contribution is 6.04. The zero-order valence-electron chi connectivity index (χ0n) is 28.5. The number of allylic oxidation sites excluding steroid dienone is 4. The number of nitrogens with zero attached hydrogens (tertiary/aromatic N) is 1. The molecule has 0 aromatic heterocycles. The molecule has 0 radical (unpaired) electrons. The van der Waals surface area contributed by atoms with E-state index in [-0.39, 0.29) is 62.5 Å². The van der Waals surface area contributed by atoms with E-state index in [9.17, 15) is 19.6 Å². The molecule has 5 heteroatoms. The number of hydrogen-bond acceptors (Lipinski definition) is 4. The molecule has 240 valence electrons. The fourth-order valence-corrected chi connectivity index (χ4v) is 11.4. The summed E-state index contributed by atoms with van der Waals surface area (Å²) in [5, 5.41) is 13.1. The van der Waals surface area contributed by atoms with E-state index in [1.54, 1.807) is 0 Å². The molecule has 3 saturated carbocycles. The van der Waals surface area contributed by atoms with Gasteiger partial charge in [0, 0.05) is 29.7 Å². The summed E-state index contributed by atoms with van der Waals surface area (Å²) in [5.41, 5.74) is 0.992. The van der Waals surface area contributed by atoms with Crippen molar-refractivity contribution in [1.82, 2.24) is 5.32 Å². The molecule has 0 saturated heterocycles. The van der Waals surface area contributed by atoms with Gasteiger partial charge in [0.25, 0.3) is 0 Å². The Morgan fingerprint density at radius 3 is 2.33 bits per heavy atom. The SMILES string of the molecule is CC1(C)CC[C@]2(CCC(=O)NCc3ccccc3)CC[C@]3(C)C(C(=O)C=C4[C@@]5(C)C=C(C#N)C(=O)C(C)(C)[C@@H]5CC[C@]43C)C2C1. The molecule has 45 heavy (non-hydrogen) atoms. The van der Waals surface area contributed by atoms with E-state index < -0.39 is 10.8 Å². The number of benzene rings is 1. The zero-order chi connectivity index (χ0) is 32.6. The third-order valence-corrected chi connectivity index (χ3v) is 14.2. The van der Waals surface area contributed by atoms with Crippen LogP contribution in [0.2, 0.25) is 0 Å². The standard InChI is InChI=1S/C40H52N2O3/c1-35(2)17-19-40(16-14-32(44)42-25-26-11-9-8-10-12-26)20-18-39(7)33(28(40)23-35)29(43)21-31-37(5)22-27(24-41)34(45)36(3,4)30(37)13-15-38(31,39)6/h8-12,21-22,28,30,33H,13-20,23,25H2,1-7H3,(H,42,44)/t28?,30-,33?,37-,38+,39+,40+/m0/s1. The van der Waals surface area contributed by atoms with Crippen LogP contribution in [0.1, 0.15) is 112 Å². The smallest absolute Gasteiger partial charge is 0.220 e. The third-order valence-electron chi connectivity index (χ3n) is 14.2. The topological polar surface area (TPSA) is 87.0 Å². The Balaban J connectivity index is 1.35. The molecule has 0 bridgehead atoms. The van der Waals surface area contributed by atoms with Crippen LogP contribution < -0.4 is 5.32 Å². The van der Waals surface area contributed by atoms with Crippen molar-refractivity contribution < 1.29 is 14.4 Å². The third kappa shape index (κ3) is 4.72. The van der Waals surface area contributed by atoms with Gasteiger partial charge in [-0.3, -0.25) is 14.4 Å². The zero-order valence-corrected chi connectivity index (χ0v) is 28.5. The molecule has 5 nitrogen and oxygen atoms in total. The quantitative estimate of drug-likeness (QED) is 0.364. The van der Waals surface area contributed by atoms with Gasteiger partial charge in [-0.1, -0.05) is 90.4 Å². The molecule has 2 unspecified atom stereocenters. The van der Waals surface area contributed by atoms with Crippen molar-refractivity contribution in [1.29, 1.82) is 5.26 Å². The second-order valence-corrected chi connectivity index (χ2v) is 17.4. The minimum atomic E-state index is -0.659. The molecule has 0 spiro atoms. The maximum Gasteiger partial charge on any atom is 0.220 e. The number of nitrogens with one attached hydrogen (secondary N) is 1. The van der Waals surface area contributed by atoms with E-state index >= 15 is 0 Å². The number of carbonyl (C=O) groups is 3. The van der Waals surface area contributed by atoms with Crippen molar-refractivity contribution in [2.75, 3.05) is 0 Å². The molecule has 1 aromatic carbocycles. The van der Waals surface area contributed by atoms with Gasteiger partial charge in [0.2, 0.25) is 5.91 Å². The van der Waals surface area contributed by atoms with Crippen molar-refractivity contribution in [3.05, 3.63) is 59.2 Å². The Labute approximate surface area is 270 Å². The van der Waals surface area contributed by atoms with Gasteiger partial charge in [0.15, 0.2) is 11.6 Å². The highest BCUT2D eigenvalue weighted by Crippen LogP contribution is 2.75. The largest absolute Gasteiger partial charge is 0.352 e. The monoisotopic (exact) mass is 608 g/mol. The molecule has 7 atom stereocenters. The van der Waals surface area contributed by atoms with Crippen molar-refractivity contribution in [2.24, 2.45) is 50.2 Å². The second kappa shape index (κ2) is 10.5. The molecule has 3 fully saturated rings. The fourth-order valence-electron chi connectivity index (χ4n) is 11.4. The van der Waals surface area contributed by atoms with E-state index in [0.29, 0.717) is 13.0 Å². The number of rotatable bonds is 5. The first kappa shape index (κ1) is 32.0. The average Bonchev–Trinajstić information content (AvgIpc) is 2.99. The van der Waals surface area contributed by atoms with E-state index in [2.05, 4.69) is 46.0 Å². The van der Waals surface area contributed by atoms with Crippen LogP contribution in [0.3, 0.4) is 0 Å². The van der Waals surface area contributed by atoms with E-state index in [0.717, 1.165) is 62.5 Å². The predicted octanol–water partition coefficient (Wildman–Crippen LogP) is 8.30. The maximum absolute atomic E-state index is 14.7. The van der Waals surface area contributed by atoms with Gasteiger partial charge < -0.3 is 5.32 Å². The summed E-state index contributed by atoms with van der Waals surface area (Å²) >= 11 is 0. The van der Waals surface area contributed by atoms with Crippen LogP contribution >= 0.6 is 0 Å². The van der Waals surface area contributed by atoms with Gasteiger partial charge in [0.05, 0.1) is 5.57 Å². The summed E-state index contributed by atoms with van der Waals surface area (Å²) in [4.78, 5) is 41.2. The average molecular weight is 609 g/mol. The summed E-state index contributed by atoms with van der Waals surface area (Å²) in [7, 11) is 0. The lowest BCUT2D eigenvalue weighted by Crippen LogP contribution is -2.64. The summed E-state index contributed by atoms with van der Waals surface area (Å²) in [6.07, 6.45) is 12.2. The van der Waals surface area contributed by atoms with Gasteiger partial charge in [0.1, 0.15) is 6.07 Å². The first-order chi connectivity index (χ1) is 21.0. The van der Waals surface area contributed by atoms with E-state index in [1.807, 2.05) is 56.3 Å². The van der Waals surface area contributed by atoms with Gasteiger partial charge in [-0.15, -0.1) is 0 Å². The van der Waals surface area contributed by atoms with Crippen LogP contribution in [0.4, 0.5) is 0 Å². The minimum Gasteiger partial charge on any atom is -0.352 e. The van der Waals surface area contributed by atoms with Crippen LogP contribution in [0, 0.1) is 61.6 Å². The molecule has 1 aromatic rings. The van der Waals surface area contributed by atoms with E-state index in [1.165, 1.54) is 0 Å². The highest BCUT2D eigenvalue weighted by atomic mass is 16.1. The molecule has 6 rings (SSSR count). The van der Waals surface area contributed by atoms with Crippen molar-refractivity contribution in [3.63, 3.8) is 0 Å². The summed E-state index contributed by atoms with van der Waals surface area (Å²) in [6.45, 7) is 16.2. The highest BCUT2D eigenvalue weighted by Gasteiger charge is 2.69. The van der Waals surface area contributed by atoms with E-state index in [4.69, 9.17) is 0 Å². The van der Waals surface area contributed by atoms with Gasteiger partial charge in [-0.2, -0.15) is 5.26 Å². The van der Waals surface area contributed by atoms with Crippen LogP contribution in [0.15, 0.2) is 53.6 Å². The maximum atomic E-state index is 14.7. The summed E-state index contributed by atoms with van der Waals surface area (Å²) in [6, 6.07) is 12.3. The van der Waals surface area contributed by atoms with Gasteiger partial charge in [-0.25, -0.2) is 0 Å². The molecule has 1 amide bonds. The predicted molar refractivity (Wildman–Crippen MR) is 176 cm³/mol. The van der Waals surface area contributed by atoms with Crippen LogP contribution in [0.5, 0.6) is 0 Å². The Bertz CT molecular complexity index is 1530. The first-order valence-corrected chi connectivity index (χ1v) is 17.3. The van der Waals surface area contributed by atoms with Crippen LogP contribution in [0.25, 0.3) is 0 Å². The fraction of sp³-hybridized carbons (Fsp3) is 0.650. The molecule has 0 aliphatic heterocycles. The number of hydrogen-bond donors (Lipinski definition) is 1. The Kier molecular flexibility index (Phi) is 7.47. The number of fused-ring (bicyclic) bond motifs is 7. The normalized spacial score (nSPS) is 39.6. The summed E-state index contributed by atoms with van der Waals surface area (Å²) < 4.78 is 0. The first-order valence-electron chi connectivity index (χ1n) is 17.3.